The highest BCUT2D eigenvalue weighted by Crippen LogP contribution is 2.32. The molecule has 0 radical (unpaired) electrons. The number of fused-ring (bicyclic) bond motifs is 1. The van der Waals surface area contributed by atoms with Crippen molar-refractivity contribution in [1.29, 1.82) is 0 Å². The smallest absolute Gasteiger partial charge is 0.185 e. The highest BCUT2D eigenvalue weighted by Gasteiger charge is 2.17. The minimum atomic E-state index is 0.387. The van der Waals surface area contributed by atoms with E-state index in [9.17, 15) is 0 Å². The zero-order valence-electron chi connectivity index (χ0n) is 18.5. The lowest BCUT2D eigenvalue weighted by atomic mass is 10.1. The first-order chi connectivity index (χ1) is 15.5. The first-order valence-corrected chi connectivity index (χ1v) is 11.6. The first-order valence-electron chi connectivity index (χ1n) is 10.8. The summed E-state index contributed by atoms with van der Waals surface area (Å²) < 4.78 is 0. The molecule has 0 unspecified atom stereocenters. The molecule has 4 aromatic rings. The van der Waals surface area contributed by atoms with Gasteiger partial charge in [0, 0.05) is 44.1 Å². The van der Waals surface area contributed by atoms with Gasteiger partial charge in [-0.2, -0.15) is 5.10 Å². The molecule has 1 N–H and O–H groups in total. The number of aromatic nitrogens is 5. The molecule has 0 aromatic carbocycles. The van der Waals surface area contributed by atoms with E-state index in [0.717, 1.165) is 58.3 Å². The van der Waals surface area contributed by atoms with Gasteiger partial charge < -0.3 is 15.1 Å². The molecule has 0 bridgehead atoms. The fraction of sp³-hybridized carbons (Fsp3) is 0.348. The van der Waals surface area contributed by atoms with Crippen molar-refractivity contribution in [3.05, 3.63) is 48.4 Å². The molecule has 0 spiro atoms. The van der Waals surface area contributed by atoms with E-state index >= 15 is 0 Å². The Morgan fingerprint density at radius 2 is 1.78 bits per heavy atom. The van der Waals surface area contributed by atoms with Crippen LogP contribution in [0.25, 0.3) is 21.5 Å². The van der Waals surface area contributed by atoms with Crippen LogP contribution in [0.2, 0.25) is 0 Å². The molecule has 9 heteroatoms. The Kier molecular flexibility index (Phi) is 5.67. The number of anilines is 3. The standard InChI is InChI=1S/C23H26N8S/c1-15(2)16-11-22(29-26-13-16)28-21-5-4-18-19(27-21)10-17(12-24-18)20-14-25-23(32-20)31-8-6-30(3)7-9-31/h4-5,10-15H,6-9H2,1-3H3,(H,27,28,29). The van der Waals surface area contributed by atoms with Crippen molar-refractivity contribution < 1.29 is 0 Å². The zero-order chi connectivity index (χ0) is 22.1. The molecule has 1 saturated heterocycles. The van der Waals surface area contributed by atoms with E-state index in [1.54, 1.807) is 17.5 Å². The van der Waals surface area contributed by atoms with Crippen molar-refractivity contribution in [2.45, 2.75) is 19.8 Å². The highest BCUT2D eigenvalue weighted by atomic mass is 32.1. The highest BCUT2D eigenvalue weighted by molar-refractivity contribution is 7.18. The second-order valence-electron chi connectivity index (χ2n) is 8.41. The lowest BCUT2D eigenvalue weighted by Crippen LogP contribution is -2.44. The Bertz CT molecular complexity index is 1230. The summed E-state index contributed by atoms with van der Waals surface area (Å²) in [6.07, 6.45) is 5.64. The Labute approximate surface area is 191 Å². The lowest BCUT2D eigenvalue weighted by molar-refractivity contribution is 0.313. The molecule has 1 aliphatic rings. The Balaban J connectivity index is 1.39. The third-order valence-corrected chi connectivity index (χ3v) is 6.79. The van der Waals surface area contributed by atoms with Gasteiger partial charge in [-0.3, -0.25) is 4.98 Å². The van der Waals surface area contributed by atoms with Crippen LogP contribution < -0.4 is 10.2 Å². The van der Waals surface area contributed by atoms with E-state index in [1.165, 1.54) is 0 Å². The van der Waals surface area contributed by atoms with Gasteiger partial charge in [-0.1, -0.05) is 25.2 Å². The molecule has 0 atom stereocenters. The molecule has 164 valence electrons. The summed E-state index contributed by atoms with van der Waals surface area (Å²) in [5.74, 6) is 1.79. The number of nitrogens with zero attached hydrogens (tertiary/aromatic N) is 7. The summed E-state index contributed by atoms with van der Waals surface area (Å²) >= 11 is 1.71. The largest absolute Gasteiger partial charge is 0.346 e. The van der Waals surface area contributed by atoms with E-state index in [2.05, 4.69) is 62.2 Å². The summed E-state index contributed by atoms with van der Waals surface area (Å²) in [6, 6.07) is 7.97. The second kappa shape index (κ2) is 8.76. The van der Waals surface area contributed by atoms with Gasteiger partial charge in [0.1, 0.15) is 5.82 Å². The molecular weight excluding hydrogens is 420 g/mol. The van der Waals surface area contributed by atoms with Gasteiger partial charge in [0.25, 0.3) is 0 Å². The molecule has 1 fully saturated rings. The van der Waals surface area contributed by atoms with E-state index in [1.807, 2.05) is 30.6 Å². The van der Waals surface area contributed by atoms with Crippen molar-refractivity contribution in [2.75, 3.05) is 43.4 Å². The van der Waals surface area contributed by atoms with Crippen LogP contribution in [0.4, 0.5) is 16.8 Å². The molecule has 0 aliphatic carbocycles. The average molecular weight is 447 g/mol. The van der Waals surface area contributed by atoms with Crippen molar-refractivity contribution in [3.63, 3.8) is 0 Å². The molecule has 0 saturated carbocycles. The number of likely N-dealkylation sites (N-methyl/N-ethyl adjacent to an activating group) is 1. The maximum Gasteiger partial charge on any atom is 0.185 e. The summed E-state index contributed by atoms with van der Waals surface area (Å²) in [4.78, 5) is 19.9. The van der Waals surface area contributed by atoms with Crippen LogP contribution in [-0.2, 0) is 0 Å². The minimum Gasteiger partial charge on any atom is -0.346 e. The third-order valence-electron chi connectivity index (χ3n) is 5.69. The van der Waals surface area contributed by atoms with E-state index in [-0.39, 0.29) is 0 Å². The molecule has 5 heterocycles. The summed E-state index contributed by atoms with van der Waals surface area (Å²) in [5, 5.41) is 12.6. The fourth-order valence-electron chi connectivity index (χ4n) is 3.64. The normalized spacial score (nSPS) is 14.9. The maximum absolute atomic E-state index is 4.76. The summed E-state index contributed by atoms with van der Waals surface area (Å²) in [6.45, 7) is 8.43. The van der Waals surface area contributed by atoms with Crippen LogP contribution >= 0.6 is 11.3 Å². The number of piperazine rings is 1. The molecule has 32 heavy (non-hydrogen) atoms. The van der Waals surface area contributed by atoms with Crippen molar-refractivity contribution in [2.24, 2.45) is 0 Å². The summed E-state index contributed by atoms with van der Waals surface area (Å²) in [7, 11) is 2.16. The fourth-order valence-corrected chi connectivity index (χ4v) is 4.59. The van der Waals surface area contributed by atoms with Crippen molar-refractivity contribution >= 4 is 39.1 Å². The predicted octanol–water partition coefficient (Wildman–Crippen LogP) is 4.16. The number of hydrogen-bond donors (Lipinski definition) is 1. The van der Waals surface area contributed by atoms with Crippen LogP contribution in [0.15, 0.2) is 42.9 Å². The second-order valence-corrected chi connectivity index (χ2v) is 9.42. The number of pyridine rings is 2. The van der Waals surface area contributed by atoms with E-state index in [0.29, 0.717) is 17.6 Å². The number of nitrogens with one attached hydrogen (secondary N) is 1. The zero-order valence-corrected chi connectivity index (χ0v) is 19.3. The van der Waals surface area contributed by atoms with E-state index < -0.39 is 0 Å². The van der Waals surface area contributed by atoms with Gasteiger partial charge in [-0.05, 0) is 42.8 Å². The predicted molar refractivity (Wildman–Crippen MR) is 130 cm³/mol. The number of hydrogen-bond acceptors (Lipinski definition) is 9. The van der Waals surface area contributed by atoms with Gasteiger partial charge in [-0.25, -0.2) is 9.97 Å². The molecule has 4 aromatic heterocycles. The number of thiazole rings is 1. The molecule has 1 aliphatic heterocycles. The monoisotopic (exact) mass is 446 g/mol. The van der Waals surface area contributed by atoms with Crippen LogP contribution in [0.1, 0.15) is 25.3 Å². The van der Waals surface area contributed by atoms with E-state index in [4.69, 9.17) is 4.98 Å². The maximum atomic E-state index is 4.76. The van der Waals surface area contributed by atoms with Gasteiger partial charge in [0.2, 0.25) is 0 Å². The molecule has 5 rings (SSSR count). The quantitative estimate of drug-likeness (QED) is 0.489. The van der Waals surface area contributed by atoms with Gasteiger partial charge in [0.05, 0.1) is 22.1 Å². The van der Waals surface area contributed by atoms with Crippen molar-refractivity contribution in [3.8, 4) is 10.4 Å². The van der Waals surface area contributed by atoms with Gasteiger partial charge in [-0.15, -0.1) is 5.10 Å². The van der Waals surface area contributed by atoms with Crippen molar-refractivity contribution in [1.82, 2.24) is 30.0 Å². The third kappa shape index (κ3) is 4.39. The topological polar surface area (TPSA) is 83.0 Å². The Morgan fingerprint density at radius 1 is 0.938 bits per heavy atom. The molecule has 8 nitrogen and oxygen atoms in total. The van der Waals surface area contributed by atoms with Crippen LogP contribution in [0.5, 0.6) is 0 Å². The SMILES string of the molecule is CC(C)c1cnnc(Nc2ccc3ncc(-c4cnc(N5CCN(C)CC5)s4)cc3n2)c1. The average Bonchev–Trinajstić information content (AvgIpc) is 3.29. The minimum absolute atomic E-state index is 0.387. The van der Waals surface area contributed by atoms with Gasteiger partial charge in [0.15, 0.2) is 10.9 Å². The van der Waals surface area contributed by atoms with Crippen LogP contribution in [-0.4, -0.2) is 63.3 Å². The summed E-state index contributed by atoms with van der Waals surface area (Å²) in [5.41, 5.74) is 3.84. The molecule has 0 amide bonds. The Morgan fingerprint density at radius 3 is 2.59 bits per heavy atom. The first kappa shape index (κ1) is 20.7. The molecular formula is C23H26N8S. The Hall–Kier alpha value is -3.17. The van der Waals surface area contributed by atoms with Gasteiger partial charge >= 0.3 is 0 Å². The lowest BCUT2D eigenvalue weighted by Gasteiger charge is -2.32. The number of rotatable bonds is 5. The van der Waals surface area contributed by atoms with Crippen LogP contribution in [0.3, 0.4) is 0 Å². The van der Waals surface area contributed by atoms with Crippen LogP contribution in [0, 0.1) is 0 Å².